The van der Waals surface area contributed by atoms with Gasteiger partial charge in [0.1, 0.15) is 5.82 Å². The largest absolute Gasteiger partial charge is 0.353 e. The Morgan fingerprint density at radius 2 is 1.82 bits per heavy atom. The topological polar surface area (TPSA) is 24.1 Å². The molecule has 1 aliphatic heterocycles. The lowest BCUT2D eigenvalue weighted by molar-refractivity contribution is 0.377. The van der Waals surface area contributed by atoms with Gasteiger partial charge in [0.2, 0.25) is 0 Å². The average molecular weight is 355 g/mol. The zero-order valence-corrected chi connectivity index (χ0v) is 14.0. The standard InChI is InChI=1S/C16H13Cl2FN2S/c1-16(10-4-7-12(18)13(19)8-10)14(20-15(22)21-16)9-2-5-11(17)6-3-9/h2-8,14H,1H3,(H2,20,21,22). The minimum atomic E-state index is -0.587. The molecular weight excluding hydrogens is 342 g/mol. The molecule has 0 saturated carbocycles. The number of benzene rings is 2. The van der Waals surface area contributed by atoms with E-state index in [1.807, 2.05) is 31.2 Å². The van der Waals surface area contributed by atoms with E-state index in [9.17, 15) is 4.39 Å². The average Bonchev–Trinajstić information content (AvgIpc) is 2.79. The van der Waals surface area contributed by atoms with Crippen LogP contribution >= 0.6 is 35.4 Å². The van der Waals surface area contributed by atoms with E-state index in [1.165, 1.54) is 6.07 Å². The van der Waals surface area contributed by atoms with Gasteiger partial charge >= 0.3 is 0 Å². The molecule has 22 heavy (non-hydrogen) atoms. The van der Waals surface area contributed by atoms with Crippen LogP contribution < -0.4 is 10.6 Å². The molecule has 6 heteroatoms. The molecule has 0 amide bonds. The summed E-state index contributed by atoms with van der Waals surface area (Å²) < 4.78 is 13.9. The molecule has 2 aromatic carbocycles. The molecule has 2 unspecified atom stereocenters. The second-order valence-electron chi connectivity index (χ2n) is 5.41. The van der Waals surface area contributed by atoms with Gasteiger partial charge in [-0.05, 0) is 54.5 Å². The number of hydrogen-bond acceptors (Lipinski definition) is 1. The van der Waals surface area contributed by atoms with Crippen molar-refractivity contribution in [1.29, 1.82) is 0 Å². The maximum atomic E-state index is 13.9. The highest BCUT2D eigenvalue weighted by Crippen LogP contribution is 2.39. The van der Waals surface area contributed by atoms with Crippen LogP contribution in [-0.4, -0.2) is 5.11 Å². The third kappa shape index (κ3) is 2.67. The zero-order chi connectivity index (χ0) is 15.9. The lowest BCUT2D eigenvalue weighted by atomic mass is 9.82. The summed E-state index contributed by atoms with van der Waals surface area (Å²) in [5.41, 5.74) is 1.19. The maximum absolute atomic E-state index is 13.9. The molecule has 0 spiro atoms. The van der Waals surface area contributed by atoms with Crippen LogP contribution in [-0.2, 0) is 5.54 Å². The summed E-state index contributed by atoms with van der Waals surface area (Å²) >= 11 is 17.0. The van der Waals surface area contributed by atoms with Gasteiger partial charge in [-0.1, -0.05) is 41.4 Å². The predicted molar refractivity (Wildman–Crippen MR) is 91.8 cm³/mol. The van der Waals surface area contributed by atoms with E-state index in [-0.39, 0.29) is 11.1 Å². The van der Waals surface area contributed by atoms with Crippen LogP contribution in [0.25, 0.3) is 0 Å². The SMILES string of the molecule is CC1(c2ccc(Cl)c(F)c2)NC(=S)NC1c1ccc(Cl)cc1. The Morgan fingerprint density at radius 1 is 1.14 bits per heavy atom. The second-order valence-corrected chi connectivity index (χ2v) is 6.67. The van der Waals surface area contributed by atoms with Crippen LogP contribution in [0.4, 0.5) is 4.39 Å². The summed E-state index contributed by atoms with van der Waals surface area (Å²) in [5.74, 6) is -0.449. The molecule has 3 rings (SSSR count). The summed E-state index contributed by atoms with van der Waals surface area (Å²) in [5, 5.41) is 7.76. The number of halogens is 3. The molecule has 2 aromatic rings. The van der Waals surface area contributed by atoms with Crippen molar-refractivity contribution < 1.29 is 4.39 Å². The Labute approximate surface area is 143 Å². The molecule has 114 valence electrons. The van der Waals surface area contributed by atoms with Crippen LogP contribution in [0.2, 0.25) is 10.0 Å². The van der Waals surface area contributed by atoms with E-state index in [1.54, 1.807) is 12.1 Å². The van der Waals surface area contributed by atoms with Crippen molar-refractivity contribution in [2.45, 2.75) is 18.5 Å². The first-order valence-corrected chi connectivity index (χ1v) is 7.86. The molecule has 1 heterocycles. The second kappa shape index (κ2) is 5.69. The van der Waals surface area contributed by atoms with Gasteiger partial charge in [0, 0.05) is 5.02 Å². The van der Waals surface area contributed by atoms with Gasteiger partial charge in [-0.15, -0.1) is 0 Å². The number of nitrogens with one attached hydrogen (secondary N) is 2. The van der Waals surface area contributed by atoms with Crippen LogP contribution in [0.5, 0.6) is 0 Å². The van der Waals surface area contributed by atoms with Gasteiger partial charge in [0.15, 0.2) is 5.11 Å². The van der Waals surface area contributed by atoms with Gasteiger partial charge in [0.05, 0.1) is 16.6 Å². The Balaban J connectivity index is 2.06. The van der Waals surface area contributed by atoms with Gasteiger partial charge in [0.25, 0.3) is 0 Å². The van der Waals surface area contributed by atoms with E-state index in [2.05, 4.69) is 10.6 Å². The Hall–Kier alpha value is -1.36. The number of rotatable bonds is 2. The molecule has 0 radical (unpaired) electrons. The normalized spacial score (nSPS) is 24.0. The highest BCUT2D eigenvalue weighted by molar-refractivity contribution is 7.80. The minimum Gasteiger partial charge on any atom is -0.353 e. The molecule has 0 aromatic heterocycles. The predicted octanol–water partition coefficient (Wildman–Crippen LogP) is 4.57. The molecule has 0 aliphatic carbocycles. The van der Waals surface area contributed by atoms with Crippen LogP contribution in [0.3, 0.4) is 0 Å². The van der Waals surface area contributed by atoms with E-state index in [0.29, 0.717) is 10.1 Å². The Kier molecular flexibility index (Phi) is 4.02. The Bertz CT molecular complexity index is 735. The van der Waals surface area contributed by atoms with Crippen molar-refractivity contribution in [3.8, 4) is 0 Å². The monoisotopic (exact) mass is 354 g/mol. The summed E-state index contributed by atoms with van der Waals surface area (Å²) in [6.45, 7) is 1.97. The molecular formula is C16H13Cl2FN2S. The van der Waals surface area contributed by atoms with Crippen LogP contribution in [0.15, 0.2) is 42.5 Å². The quantitative estimate of drug-likeness (QED) is 0.772. The zero-order valence-electron chi connectivity index (χ0n) is 11.7. The molecule has 2 atom stereocenters. The number of hydrogen-bond donors (Lipinski definition) is 2. The van der Waals surface area contributed by atoms with E-state index in [4.69, 9.17) is 35.4 Å². The smallest absolute Gasteiger partial charge is 0.167 e. The van der Waals surface area contributed by atoms with Gasteiger partial charge in [-0.2, -0.15) is 0 Å². The fourth-order valence-corrected chi connectivity index (χ4v) is 3.32. The summed E-state index contributed by atoms with van der Waals surface area (Å²) in [6.07, 6.45) is 0. The van der Waals surface area contributed by atoms with Crippen LogP contribution in [0, 0.1) is 5.82 Å². The molecule has 2 N–H and O–H groups in total. The fraction of sp³-hybridized carbons (Fsp3) is 0.188. The van der Waals surface area contributed by atoms with Gasteiger partial charge < -0.3 is 10.6 Å². The van der Waals surface area contributed by atoms with E-state index < -0.39 is 11.4 Å². The fourth-order valence-electron chi connectivity index (χ4n) is 2.75. The summed E-state index contributed by atoms with van der Waals surface area (Å²) in [6, 6.07) is 12.2. The molecule has 1 saturated heterocycles. The minimum absolute atomic E-state index is 0.101. The van der Waals surface area contributed by atoms with Crippen LogP contribution in [0.1, 0.15) is 24.1 Å². The Morgan fingerprint density at radius 3 is 2.45 bits per heavy atom. The van der Waals surface area contributed by atoms with Crippen molar-refractivity contribution in [2.75, 3.05) is 0 Å². The number of thiocarbonyl (C=S) groups is 1. The first-order valence-electron chi connectivity index (χ1n) is 6.70. The highest BCUT2D eigenvalue weighted by atomic mass is 35.5. The third-order valence-corrected chi connectivity index (χ3v) is 4.73. The third-order valence-electron chi connectivity index (χ3n) is 3.95. The van der Waals surface area contributed by atoms with Gasteiger partial charge in [-0.3, -0.25) is 0 Å². The van der Waals surface area contributed by atoms with E-state index >= 15 is 0 Å². The van der Waals surface area contributed by atoms with Crippen molar-refractivity contribution >= 4 is 40.5 Å². The first kappa shape index (κ1) is 15.5. The summed E-state index contributed by atoms with van der Waals surface area (Å²) in [4.78, 5) is 0. The van der Waals surface area contributed by atoms with Crippen molar-refractivity contribution in [1.82, 2.24) is 10.6 Å². The van der Waals surface area contributed by atoms with E-state index in [0.717, 1.165) is 11.1 Å². The van der Waals surface area contributed by atoms with Gasteiger partial charge in [-0.25, -0.2) is 4.39 Å². The molecule has 1 aliphatic rings. The summed E-state index contributed by atoms with van der Waals surface area (Å²) in [7, 11) is 0. The molecule has 1 fully saturated rings. The highest BCUT2D eigenvalue weighted by Gasteiger charge is 2.43. The van der Waals surface area contributed by atoms with Crippen molar-refractivity contribution in [2.24, 2.45) is 0 Å². The lowest BCUT2D eigenvalue weighted by Gasteiger charge is -2.31. The lowest BCUT2D eigenvalue weighted by Crippen LogP contribution is -2.39. The first-order chi connectivity index (χ1) is 10.4. The van der Waals surface area contributed by atoms with Crippen molar-refractivity contribution in [3.05, 3.63) is 69.5 Å². The maximum Gasteiger partial charge on any atom is 0.167 e. The molecule has 2 nitrogen and oxygen atoms in total. The van der Waals surface area contributed by atoms with Crippen molar-refractivity contribution in [3.63, 3.8) is 0 Å². The molecule has 0 bridgehead atoms.